The summed E-state index contributed by atoms with van der Waals surface area (Å²) in [5.74, 6) is 0. The van der Waals surface area contributed by atoms with E-state index < -0.39 is 0 Å². The first-order valence-corrected chi connectivity index (χ1v) is 42.1. The number of para-hydroxylation sites is 6. The third kappa shape index (κ3) is 14.7. The highest BCUT2D eigenvalue weighted by atomic mass is 15.0. The lowest BCUT2D eigenvalue weighted by molar-refractivity contribution is 1.18. The van der Waals surface area contributed by atoms with Crippen LogP contribution in [0.2, 0.25) is 0 Å². The number of fused-ring (bicyclic) bond motifs is 12. The lowest BCUT2D eigenvalue weighted by Crippen LogP contribution is -1.95. The van der Waals surface area contributed by atoms with Gasteiger partial charge in [0.1, 0.15) is 0 Å². The Balaban J connectivity index is 0.000000104. The second-order valence-corrected chi connectivity index (χ2v) is 31.9. The Morgan fingerprint density at radius 1 is 0.131 bits per heavy atom. The minimum absolute atomic E-state index is 1.18. The van der Waals surface area contributed by atoms with Gasteiger partial charge in [0.05, 0.1) is 44.1 Å². The van der Waals surface area contributed by atoms with Gasteiger partial charge >= 0.3 is 0 Å². The van der Waals surface area contributed by atoms with Gasteiger partial charge < -0.3 is 18.3 Å². The van der Waals surface area contributed by atoms with E-state index in [-0.39, 0.29) is 0 Å². The summed E-state index contributed by atoms with van der Waals surface area (Å²) in [5.41, 5.74) is 37.2. The van der Waals surface area contributed by atoms with E-state index in [2.05, 4.69) is 507 Å². The van der Waals surface area contributed by atoms with Crippen molar-refractivity contribution < 1.29 is 0 Å². The predicted molar refractivity (Wildman–Crippen MR) is 520 cm³/mol. The summed E-state index contributed by atoms with van der Waals surface area (Å²) in [6.45, 7) is 8.52. The standard InChI is InChI=1S/3C31H23N.C25H19N/c1-22-15-17-24(18-16-22)27-13-8-14-28-29-21-25(23-9-4-2-5-10-23)19-20-30(29)32(31(27)28)26-11-6-3-7-12-26;1-22-12-14-24(15-13-22)26-16-18-28-29-20-25(23-8-4-2-5-9-23)17-19-30(29)32(31(28)21-26)27-10-6-3-7-11-27;1-22-12-14-24(15-13-22)26-17-19-31-29(21-26)28-20-25(23-8-4-2-5-9-23)16-18-30(28)32(31)27-10-6-3-7-11-27;1-18-10-12-19(13-11-18)20-14-16-21(17-15-20)26-24-8-4-2-6-22(24)23-7-3-5-9-25(23)26/h3*2-21H,1H3;2-17H,1H3. The van der Waals surface area contributed by atoms with Gasteiger partial charge in [-0.15, -0.1) is 0 Å². The Morgan fingerprint density at radius 2 is 0.369 bits per heavy atom. The highest BCUT2D eigenvalue weighted by Crippen LogP contribution is 2.43. The van der Waals surface area contributed by atoms with E-state index in [4.69, 9.17) is 0 Å². The first-order valence-electron chi connectivity index (χ1n) is 42.1. The largest absolute Gasteiger partial charge is 0.309 e. The molecular weight excluding hydrogens is 1470 g/mol. The molecule has 122 heavy (non-hydrogen) atoms. The highest BCUT2D eigenvalue weighted by Gasteiger charge is 2.21. The predicted octanol–water partition coefficient (Wildman–Crippen LogP) is 32.0. The zero-order valence-electron chi connectivity index (χ0n) is 68.7. The maximum Gasteiger partial charge on any atom is 0.0619 e. The first kappa shape index (κ1) is 75.1. The molecule has 19 aromatic carbocycles. The molecule has 4 nitrogen and oxygen atoms in total. The minimum atomic E-state index is 1.18. The summed E-state index contributed by atoms with van der Waals surface area (Å²) < 4.78 is 9.52. The Kier molecular flexibility index (Phi) is 20.4. The van der Waals surface area contributed by atoms with Crippen molar-refractivity contribution in [1.29, 1.82) is 0 Å². The lowest BCUT2D eigenvalue weighted by atomic mass is 9.99. The first-order chi connectivity index (χ1) is 60.2. The third-order valence-corrected chi connectivity index (χ3v) is 23.9. The molecule has 0 aliphatic rings. The normalized spacial score (nSPS) is 11.3. The number of aromatic nitrogens is 4. The van der Waals surface area contributed by atoms with Crippen LogP contribution in [0.4, 0.5) is 0 Å². The van der Waals surface area contributed by atoms with Crippen LogP contribution in [0.3, 0.4) is 0 Å². The summed E-state index contributed by atoms with van der Waals surface area (Å²) in [6.07, 6.45) is 0. The quantitative estimate of drug-likeness (QED) is 0.123. The van der Waals surface area contributed by atoms with Crippen LogP contribution < -0.4 is 0 Å². The number of nitrogens with zero attached hydrogens (tertiary/aromatic N) is 4. The number of hydrogen-bond acceptors (Lipinski definition) is 0. The van der Waals surface area contributed by atoms with Gasteiger partial charge in [-0.3, -0.25) is 0 Å². The second kappa shape index (κ2) is 33.1. The van der Waals surface area contributed by atoms with Gasteiger partial charge in [-0.2, -0.15) is 0 Å². The van der Waals surface area contributed by atoms with Crippen molar-refractivity contribution in [2.24, 2.45) is 0 Å². The fourth-order valence-electron chi connectivity index (χ4n) is 17.7. The number of aryl methyl sites for hydroxylation is 4. The molecule has 4 heterocycles. The summed E-state index contributed by atoms with van der Waals surface area (Å²) in [4.78, 5) is 0. The van der Waals surface area contributed by atoms with Crippen LogP contribution in [-0.4, -0.2) is 18.3 Å². The van der Waals surface area contributed by atoms with Gasteiger partial charge in [-0.25, -0.2) is 0 Å². The molecule has 0 aliphatic heterocycles. The monoisotopic (exact) mass is 1560 g/mol. The van der Waals surface area contributed by atoms with Gasteiger partial charge in [0.2, 0.25) is 0 Å². The fourth-order valence-corrected chi connectivity index (χ4v) is 17.7. The van der Waals surface area contributed by atoms with Crippen molar-refractivity contribution >= 4 is 87.2 Å². The number of rotatable bonds is 11. The van der Waals surface area contributed by atoms with Crippen LogP contribution in [0, 0.1) is 27.7 Å². The molecule has 4 heteroatoms. The highest BCUT2D eigenvalue weighted by molar-refractivity contribution is 6.16. The third-order valence-electron chi connectivity index (χ3n) is 23.9. The number of benzene rings is 19. The van der Waals surface area contributed by atoms with E-state index in [1.54, 1.807) is 0 Å². The summed E-state index contributed by atoms with van der Waals surface area (Å²) in [7, 11) is 0. The molecule has 580 valence electrons. The summed E-state index contributed by atoms with van der Waals surface area (Å²) >= 11 is 0. The van der Waals surface area contributed by atoms with E-state index in [0.29, 0.717) is 0 Å². The van der Waals surface area contributed by atoms with E-state index in [0.717, 1.165) is 0 Å². The average Bonchev–Trinajstić information content (AvgIpc) is 1.61. The van der Waals surface area contributed by atoms with Crippen LogP contribution in [0.25, 0.3) is 188 Å². The molecule has 0 N–H and O–H groups in total. The molecule has 0 saturated heterocycles. The van der Waals surface area contributed by atoms with E-state index in [9.17, 15) is 0 Å². The van der Waals surface area contributed by atoms with Gasteiger partial charge in [0.25, 0.3) is 0 Å². The zero-order valence-corrected chi connectivity index (χ0v) is 68.7. The molecule has 0 unspecified atom stereocenters. The molecule has 0 saturated carbocycles. The molecular formula is C118H88N4. The molecule has 0 atom stereocenters. The molecule has 4 aromatic heterocycles. The average molecular weight is 1560 g/mol. The Bertz CT molecular complexity index is 7560. The molecule has 0 amide bonds. The van der Waals surface area contributed by atoms with Crippen molar-refractivity contribution in [3.63, 3.8) is 0 Å². The van der Waals surface area contributed by atoms with Crippen molar-refractivity contribution in [3.05, 3.63) is 483 Å². The van der Waals surface area contributed by atoms with Crippen LogP contribution in [-0.2, 0) is 0 Å². The SMILES string of the molecule is Cc1ccc(-c2ccc(-n3c4ccccc4c4ccccc43)cc2)cc1.Cc1ccc(-c2ccc3c(c2)c2cc(-c4ccccc4)ccc2n3-c2ccccc2)cc1.Cc1ccc(-c2ccc3c4cc(-c5ccccc5)ccc4n(-c4ccccc4)c3c2)cc1.Cc1ccc(-c2cccc3c4cc(-c5ccccc5)ccc4n(-c4ccccc4)c23)cc1. The Morgan fingerprint density at radius 3 is 0.762 bits per heavy atom. The fraction of sp³-hybridized carbons (Fsp3) is 0.0339. The molecule has 0 radical (unpaired) electrons. The van der Waals surface area contributed by atoms with Crippen molar-refractivity contribution in [3.8, 4) is 101 Å². The Hall–Kier alpha value is -15.6. The summed E-state index contributed by atoms with van der Waals surface area (Å²) in [6, 6.07) is 166. The van der Waals surface area contributed by atoms with Gasteiger partial charge in [-0.05, 0) is 215 Å². The van der Waals surface area contributed by atoms with Gasteiger partial charge in [0, 0.05) is 71.4 Å². The molecule has 0 spiro atoms. The number of hydrogen-bond donors (Lipinski definition) is 0. The van der Waals surface area contributed by atoms with Crippen LogP contribution >= 0.6 is 0 Å². The maximum atomic E-state index is 2.41. The summed E-state index contributed by atoms with van der Waals surface area (Å²) in [5, 5.41) is 10.3. The molecule has 23 aromatic rings. The van der Waals surface area contributed by atoms with Crippen molar-refractivity contribution in [1.82, 2.24) is 18.3 Å². The van der Waals surface area contributed by atoms with E-state index >= 15 is 0 Å². The van der Waals surface area contributed by atoms with Crippen LogP contribution in [0.5, 0.6) is 0 Å². The minimum Gasteiger partial charge on any atom is -0.309 e. The van der Waals surface area contributed by atoms with E-state index in [1.165, 1.54) is 210 Å². The maximum absolute atomic E-state index is 2.41. The zero-order chi connectivity index (χ0) is 82.0. The topological polar surface area (TPSA) is 19.7 Å². The van der Waals surface area contributed by atoms with Gasteiger partial charge in [-0.1, -0.05) is 368 Å². The smallest absolute Gasteiger partial charge is 0.0619 e. The Labute approximate surface area is 712 Å². The van der Waals surface area contributed by atoms with Crippen molar-refractivity contribution in [2.45, 2.75) is 27.7 Å². The van der Waals surface area contributed by atoms with E-state index in [1.807, 2.05) is 0 Å². The molecule has 23 rings (SSSR count). The second-order valence-electron chi connectivity index (χ2n) is 31.9. The van der Waals surface area contributed by atoms with Gasteiger partial charge in [0.15, 0.2) is 0 Å². The molecule has 0 aliphatic carbocycles. The van der Waals surface area contributed by atoms with Crippen LogP contribution in [0.1, 0.15) is 22.3 Å². The lowest BCUT2D eigenvalue weighted by Gasteiger charge is -2.12. The molecule has 0 bridgehead atoms. The van der Waals surface area contributed by atoms with Crippen molar-refractivity contribution in [2.75, 3.05) is 0 Å². The van der Waals surface area contributed by atoms with Crippen LogP contribution in [0.15, 0.2) is 461 Å². The molecule has 0 fully saturated rings.